The third-order valence-corrected chi connectivity index (χ3v) is 6.55. The first-order valence-corrected chi connectivity index (χ1v) is 13.9. The fraction of sp³-hybridized carbons (Fsp3) is 0.633. The molecule has 0 unspecified atom stereocenters. The first-order valence-electron chi connectivity index (χ1n) is 13.9. The molecular formula is C30H47N3O. The summed E-state index contributed by atoms with van der Waals surface area (Å²) in [5.41, 5.74) is 5.47. The number of aromatic nitrogens is 2. The van der Waals surface area contributed by atoms with Gasteiger partial charge in [-0.25, -0.2) is 0 Å². The van der Waals surface area contributed by atoms with Gasteiger partial charge in [0.2, 0.25) is 0 Å². The van der Waals surface area contributed by atoms with Gasteiger partial charge in [-0.3, -0.25) is 9.97 Å². The van der Waals surface area contributed by atoms with Gasteiger partial charge in [0.05, 0.1) is 11.4 Å². The Hall–Kier alpha value is -2.23. The summed E-state index contributed by atoms with van der Waals surface area (Å²) in [7, 11) is 0. The van der Waals surface area contributed by atoms with Gasteiger partial charge in [0.15, 0.2) is 0 Å². The monoisotopic (exact) mass is 465 g/mol. The third kappa shape index (κ3) is 11.8. The number of rotatable bonds is 19. The summed E-state index contributed by atoms with van der Waals surface area (Å²) < 4.78 is 0. The number of unbranched alkanes of at least 4 members (excludes halogenated alkanes) is 12. The van der Waals surface area contributed by atoms with Gasteiger partial charge in [-0.15, -0.1) is 5.16 Å². The Kier molecular flexibility index (Phi) is 14.9. The minimum Gasteiger partial charge on any atom is -0.411 e. The fourth-order valence-electron chi connectivity index (χ4n) is 4.51. The second-order valence-electron chi connectivity index (χ2n) is 9.65. The van der Waals surface area contributed by atoms with Crippen molar-refractivity contribution in [2.75, 3.05) is 0 Å². The number of nitrogens with zero attached hydrogens (tertiary/aromatic N) is 3. The van der Waals surface area contributed by atoms with Crippen LogP contribution in [-0.2, 0) is 19.3 Å². The van der Waals surface area contributed by atoms with Gasteiger partial charge in [0.1, 0.15) is 0 Å². The van der Waals surface area contributed by atoms with Crippen LogP contribution in [0.1, 0.15) is 121 Å². The molecule has 4 heteroatoms. The molecule has 0 aliphatic heterocycles. The van der Waals surface area contributed by atoms with Crippen LogP contribution in [0.4, 0.5) is 0 Å². The molecule has 0 atom stereocenters. The van der Waals surface area contributed by atoms with Crippen LogP contribution in [-0.4, -0.2) is 21.4 Å². The lowest BCUT2D eigenvalue weighted by Gasteiger charge is -2.10. The maximum absolute atomic E-state index is 8.87. The van der Waals surface area contributed by atoms with Crippen LogP contribution in [0.2, 0.25) is 0 Å². The molecule has 4 nitrogen and oxygen atoms in total. The number of hydrogen-bond acceptors (Lipinski definition) is 4. The largest absolute Gasteiger partial charge is 0.411 e. The molecule has 0 spiro atoms. The van der Waals surface area contributed by atoms with E-state index < -0.39 is 0 Å². The Labute approximate surface area is 208 Å². The summed E-state index contributed by atoms with van der Waals surface area (Å²) >= 11 is 0. The van der Waals surface area contributed by atoms with Crippen molar-refractivity contribution < 1.29 is 5.21 Å². The van der Waals surface area contributed by atoms with E-state index >= 15 is 0 Å². The molecule has 0 saturated heterocycles. The van der Waals surface area contributed by atoms with E-state index in [4.69, 9.17) is 10.2 Å². The number of pyridine rings is 2. The number of aryl methyl sites for hydroxylation is 2. The number of hydrogen-bond donors (Lipinski definition) is 1. The molecule has 0 amide bonds. The minimum atomic E-state index is 0.534. The quantitative estimate of drug-likeness (QED) is 0.0976. The molecule has 0 saturated carbocycles. The highest BCUT2D eigenvalue weighted by atomic mass is 16.4. The maximum Gasteiger partial charge on any atom is 0.0892 e. The van der Waals surface area contributed by atoms with Gasteiger partial charge in [0, 0.05) is 24.5 Å². The lowest BCUT2D eigenvalue weighted by atomic mass is 10.0. The Bertz CT molecular complexity index is 818. The fourth-order valence-corrected chi connectivity index (χ4v) is 4.51. The van der Waals surface area contributed by atoms with Crippen LogP contribution in [0.3, 0.4) is 0 Å². The van der Waals surface area contributed by atoms with Gasteiger partial charge in [-0.05, 0) is 61.1 Å². The van der Waals surface area contributed by atoms with Crippen molar-refractivity contribution in [1.29, 1.82) is 0 Å². The molecule has 0 radical (unpaired) electrons. The molecular weight excluding hydrogens is 418 g/mol. The average Bonchev–Trinajstić information content (AvgIpc) is 2.86. The predicted molar refractivity (Wildman–Crippen MR) is 145 cm³/mol. The normalized spacial score (nSPS) is 11.5. The van der Waals surface area contributed by atoms with E-state index in [1.807, 2.05) is 6.20 Å². The molecule has 2 heterocycles. The van der Waals surface area contributed by atoms with Crippen LogP contribution < -0.4 is 0 Å². The van der Waals surface area contributed by atoms with E-state index in [1.165, 1.54) is 107 Å². The van der Waals surface area contributed by atoms with Crippen LogP contribution in [0.15, 0.2) is 35.6 Å². The summed E-state index contributed by atoms with van der Waals surface area (Å²) in [5.74, 6) is 0. The van der Waals surface area contributed by atoms with Crippen molar-refractivity contribution >= 4 is 6.21 Å². The van der Waals surface area contributed by atoms with Crippen LogP contribution >= 0.6 is 0 Å². The van der Waals surface area contributed by atoms with Crippen molar-refractivity contribution in [3.05, 3.63) is 47.3 Å². The van der Waals surface area contributed by atoms with Crippen LogP contribution in [0.5, 0.6) is 0 Å². The van der Waals surface area contributed by atoms with E-state index in [0.29, 0.717) is 6.42 Å². The van der Waals surface area contributed by atoms with Crippen molar-refractivity contribution in [2.45, 2.75) is 123 Å². The summed E-state index contributed by atoms with van der Waals surface area (Å²) in [6.07, 6.45) is 24.6. The second-order valence-corrected chi connectivity index (χ2v) is 9.65. The highest BCUT2D eigenvalue weighted by Crippen LogP contribution is 2.21. The average molecular weight is 466 g/mol. The van der Waals surface area contributed by atoms with Crippen molar-refractivity contribution in [3.8, 4) is 11.4 Å². The zero-order valence-electron chi connectivity index (χ0n) is 21.8. The second kappa shape index (κ2) is 18.1. The molecule has 0 bridgehead atoms. The lowest BCUT2D eigenvalue weighted by molar-refractivity contribution is 0.320. The van der Waals surface area contributed by atoms with Crippen molar-refractivity contribution in [1.82, 2.24) is 9.97 Å². The molecule has 2 aromatic heterocycles. The molecule has 2 rings (SSSR count). The standard InChI is InChI=1S/C30H47N3O/c1-3-5-7-9-11-13-15-17-26-19-21-31-29(24-26)30-25-27(23-28(33-30)20-22-32-34)18-16-14-12-10-8-6-4-2/h19,21-25,34H,3-18,20H2,1-2H3. The Morgan fingerprint density at radius 2 is 1.26 bits per heavy atom. The molecule has 0 aromatic carbocycles. The van der Waals surface area contributed by atoms with E-state index in [1.54, 1.807) is 0 Å². The zero-order chi connectivity index (χ0) is 24.3. The van der Waals surface area contributed by atoms with Gasteiger partial charge in [-0.1, -0.05) is 90.9 Å². The van der Waals surface area contributed by atoms with Crippen molar-refractivity contribution in [2.24, 2.45) is 5.16 Å². The summed E-state index contributed by atoms with van der Waals surface area (Å²) in [4.78, 5) is 9.48. The highest BCUT2D eigenvalue weighted by Gasteiger charge is 2.08. The molecule has 0 fully saturated rings. The minimum absolute atomic E-state index is 0.534. The molecule has 0 aliphatic carbocycles. The lowest BCUT2D eigenvalue weighted by Crippen LogP contribution is -1.99. The molecule has 1 N–H and O–H groups in total. The van der Waals surface area contributed by atoms with Crippen molar-refractivity contribution in [3.63, 3.8) is 0 Å². The first kappa shape index (κ1) is 28.0. The highest BCUT2D eigenvalue weighted by molar-refractivity contribution is 5.62. The smallest absolute Gasteiger partial charge is 0.0892 e. The van der Waals surface area contributed by atoms with Gasteiger partial charge < -0.3 is 5.21 Å². The molecule has 2 aromatic rings. The summed E-state index contributed by atoms with van der Waals surface area (Å²) in [5, 5.41) is 12.0. The number of oxime groups is 1. The SMILES string of the molecule is CCCCCCCCCc1ccnc(-c2cc(CCCCCCCCC)cc(CC=NO)n2)c1. The molecule has 34 heavy (non-hydrogen) atoms. The molecule has 0 aliphatic rings. The summed E-state index contributed by atoms with van der Waals surface area (Å²) in [6.45, 7) is 4.53. The third-order valence-electron chi connectivity index (χ3n) is 6.55. The van der Waals surface area contributed by atoms with Gasteiger partial charge >= 0.3 is 0 Å². The Morgan fingerprint density at radius 1 is 0.706 bits per heavy atom. The van der Waals surface area contributed by atoms with Gasteiger partial charge in [-0.2, -0.15) is 0 Å². The Morgan fingerprint density at radius 3 is 1.88 bits per heavy atom. The molecule has 188 valence electrons. The van der Waals surface area contributed by atoms with Gasteiger partial charge in [0.25, 0.3) is 0 Å². The maximum atomic E-state index is 8.87. The van der Waals surface area contributed by atoms with Crippen LogP contribution in [0.25, 0.3) is 11.4 Å². The zero-order valence-corrected chi connectivity index (χ0v) is 21.8. The predicted octanol–water partition coefficient (Wildman–Crippen LogP) is 8.73. The first-order chi connectivity index (χ1) is 16.8. The van der Waals surface area contributed by atoms with E-state index in [9.17, 15) is 0 Å². The van der Waals surface area contributed by atoms with E-state index in [0.717, 1.165) is 29.9 Å². The topological polar surface area (TPSA) is 58.4 Å². The van der Waals surface area contributed by atoms with Crippen LogP contribution in [0, 0.1) is 0 Å². The van der Waals surface area contributed by atoms with E-state index in [-0.39, 0.29) is 0 Å². The van der Waals surface area contributed by atoms with E-state index in [2.05, 4.69) is 48.3 Å². The summed E-state index contributed by atoms with van der Waals surface area (Å²) in [6, 6.07) is 8.71. The Balaban J connectivity index is 1.96.